The lowest BCUT2D eigenvalue weighted by Gasteiger charge is -2.59. The van der Waals surface area contributed by atoms with Crippen LogP contribution in [-0.2, 0) is 19.0 Å². The predicted molar refractivity (Wildman–Crippen MR) is 200 cm³/mol. The second-order valence-corrected chi connectivity index (χ2v) is 14.1. The number of ether oxygens (including phenoxy) is 5. The quantitative estimate of drug-likeness (QED) is 0.0594. The minimum absolute atomic E-state index is 0.104. The van der Waals surface area contributed by atoms with Crippen LogP contribution in [0, 0.1) is 17.8 Å². The van der Waals surface area contributed by atoms with Gasteiger partial charge in [0.2, 0.25) is 5.79 Å². The zero-order valence-corrected chi connectivity index (χ0v) is 31.7. The molecule has 13 heteroatoms. The van der Waals surface area contributed by atoms with Gasteiger partial charge in [0.15, 0.2) is 0 Å². The minimum Gasteiger partial charge on any atom is -0.492 e. The van der Waals surface area contributed by atoms with Crippen molar-refractivity contribution in [2.45, 2.75) is 76.5 Å². The van der Waals surface area contributed by atoms with E-state index in [-0.39, 0.29) is 77.0 Å². The zero-order chi connectivity index (χ0) is 37.6. The molecule has 2 fully saturated rings. The molecular formula is C40H61N3O10. The maximum absolute atomic E-state index is 14.0. The zero-order valence-electron chi connectivity index (χ0n) is 31.7. The first-order chi connectivity index (χ1) is 26.0. The molecule has 1 aromatic rings. The van der Waals surface area contributed by atoms with Gasteiger partial charge < -0.3 is 43.8 Å². The average molecular weight is 744 g/mol. The highest BCUT2D eigenvalue weighted by Crippen LogP contribution is 2.62. The van der Waals surface area contributed by atoms with Crippen molar-refractivity contribution in [2.75, 3.05) is 85.6 Å². The van der Waals surface area contributed by atoms with E-state index in [4.69, 9.17) is 33.7 Å². The molecule has 53 heavy (non-hydrogen) atoms. The van der Waals surface area contributed by atoms with Crippen LogP contribution >= 0.6 is 0 Å². The first-order valence-electron chi connectivity index (χ1n) is 19.6. The van der Waals surface area contributed by atoms with Crippen molar-refractivity contribution in [3.63, 3.8) is 0 Å². The van der Waals surface area contributed by atoms with Gasteiger partial charge in [-0.25, -0.2) is 4.79 Å². The summed E-state index contributed by atoms with van der Waals surface area (Å²) in [7, 11) is 0. The summed E-state index contributed by atoms with van der Waals surface area (Å²) in [5, 5.41) is 33.7. The monoisotopic (exact) mass is 743 g/mol. The molecule has 2 heterocycles. The average Bonchev–Trinajstić information content (AvgIpc) is 3.99. The normalized spacial score (nSPS) is 26.5. The van der Waals surface area contributed by atoms with Gasteiger partial charge in [-0.05, 0) is 75.1 Å². The number of aliphatic hydroxyl groups excluding tert-OH is 3. The van der Waals surface area contributed by atoms with E-state index in [2.05, 4.69) is 23.6 Å². The lowest BCUT2D eigenvalue weighted by molar-refractivity contribution is -0.256. The molecule has 5 rings (SSSR count). The summed E-state index contributed by atoms with van der Waals surface area (Å²) in [4.78, 5) is 23.7. The van der Waals surface area contributed by atoms with Crippen molar-refractivity contribution in [1.29, 1.82) is 0 Å². The Labute approximate surface area is 314 Å². The van der Waals surface area contributed by atoms with E-state index in [1.165, 1.54) is 0 Å². The molecule has 13 nitrogen and oxygen atoms in total. The second-order valence-electron chi connectivity index (χ2n) is 14.1. The third-order valence-electron chi connectivity index (χ3n) is 10.8. The maximum Gasteiger partial charge on any atom is 0.410 e. The Hall–Kier alpha value is -3.20. The van der Waals surface area contributed by atoms with Gasteiger partial charge in [0.1, 0.15) is 30.8 Å². The van der Waals surface area contributed by atoms with E-state index in [1.54, 1.807) is 17.9 Å². The lowest BCUT2D eigenvalue weighted by atomic mass is 9.55. The minimum atomic E-state index is -1.39. The third kappa shape index (κ3) is 9.92. The van der Waals surface area contributed by atoms with Gasteiger partial charge in [-0.3, -0.25) is 9.80 Å². The largest absolute Gasteiger partial charge is 0.492 e. The highest BCUT2D eigenvalue weighted by molar-refractivity contribution is 6.02. The standard InChI is InChI=1S/C40H61N3O10/c1-4-22-51-40-36(43(39(47)49-5-2)18-23-48-25-21-46)28-34(41-52-6-3)32-26-29(11-7-9-19-44)31(12-8-10-20-45)37(38(32)40)33-27-30(13-14-35(33)53-40)50-24-17-42-15-16-42/h4,13-14,26-27,29,31,36-38,44-46H,1,5-12,15-25,28H2,2-3H3/t29-,31+,36-,37+,38+,40+/m0/s1. The molecule has 0 bridgehead atoms. The van der Waals surface area contributed by atoms with E-state index < -0.39 is 23.8 Å². The number of allylic oxidation sites excluding steroid dienone is 1. The summed E-state index contributed by atoms with van der Waals surface area (Å²) in [6, 6.07) is 5.29. The number of rotatable bonds is 24. The molecule has 1 amide bonds. The number of benzene rings is 1. The fourth-order valence-electron chi connectivity index (χ4n) is 8.38. The summed E-state index contributed by atoms with van der Waals surface area (Å²) in [6.45, 7) is 12.5. The molecule has 3 N–H and O–H groups in total. The van der Waals surface area contributed by atoms with E-state index in [1.807, 2.05) is 19.1 Å². The number of carbonyl (C=O) groups is 1. The van der Waals surface area contributed by atoms with Gasteiger partial charge >= 0.3 is 6.09 Å². The summed E-state index contributed by atoms with van der Waals surface area (Å²) in [5.41, 5.74) is 2.69. The summed E-state index contributed by atoms with van der Waals surface area (Å²) in [5.74, 6) is -0.312. The molecule has 4 aliphatic rings. The predicted octanol–water partition coefficient (Wildman–Crippen LogP) is 4.50. The molecule has 0 spiro atoms. The van der Waals surface area contributed by atoms with Crippen LogP contribution < -0.4 is 9.47 Å². The third-order valence-corrected chi connectivity index (χ3v) is 10.8. The van der Waals surface area contributed by atoms with Gasteiger partial charge in [0.05, 0.1) is 44.7 Å². The summed E-state index contributed by atoms with van der Waals surface area (Å²) >= 11 is 0. The molecule has 0 aromatic heterocycles. The molecule has 0 unspecified atom stereocenters. The number of carbonyl (C=O) groups excluding carboxylic acids is 1. The Morgan fingerprint density at radius 1 is 1.06 bits per heavy atom. The SMILES string of the molecule is C=CCO[C@@]12Oc3ccc(OCCN4CC4)cc3[C@H]3[C@H](CCCCO)[C@@H](CCCCO)C=C(C(=NOCC)C[C@@H]1N(CCOCCO)C(=O)OCC)[C@H]32. The van der Waals surface area contributed by atoms with Crippen molar-refractivity contribution >= 4 is 11.8 Å². The molecule has 0 radical (unpaired) electrons. The van der Waals surface area contributed by atoms with E-state index in [9.17, 15) is 20.1 Å². The fraction of sp³-hybridized carbons (Fsp3) is 0.700. The molecule has 1 aromatic carbocycles. The molecule has 296 valence electrons. The lowest BCUT2D eigenvalue weighted by Crippen LogP contribution is -2.70. The van der Waals surface area contributed by atoms with Crippen molar-refractivity contribution in [1.82, 2.24) is 9.80 Å². The van der Waals surface area contributed by atoms with Crippen molar-refractivity contribution < 1.29 is 48.6 Å². The van der Waals surface area contributed by atoms with Gasteiger partial charge in [0.25, 0.3) is 0 Å². The molecule has 1 saturated carbocycles. The van der Waals surface area contributed by atoms with E-state index >= 15 is 0 Å². The Morgan fingerprint density at radius 2 is 1.85 bits per heavy atom. The summed E-state index contributed by atoms with van der Waals surface area (Å²) < 4.78 is 31.8. The van der Waals surface area contributed by atoms with E-state index in [0.717, 1.165) is 62.2 Å². The Kier molecular flexibility index (Phi) is 15.8. The first kappa shape index (κ1) is 41.0. The molecule has 2 aliphatic heterocycles. The van der Waals surface area contributed by atoms with Gasteiger partial charge in [-0.1, -0.05) is 30.1 Å². The van der Waals surface area contributed by atoms with Gasteiger partial charge in [-0.15, -0.1) is 6.58 Å². The summed E-state index contributed by atoms with van der Waals surface area (Å²) in [6.07, 6.45) is 8.50. The fourth-order valence-corrected chi connectivity index (χ4v) is 8.38. The van der Waals surface area contributed by atoms with Crippen LogP contribution in [0.3, 0.4) is 0 Å². The number of unbranched alkanes of at least 4 members (excludes halogenated alkanes) is 2. The Balaban J connectivity index is 1.71. The van der Waals surface area contributed by atoms with Crippen molar-refractivity contribution in [2.24, 2.45) is 22.9 Å². The second kappa shape index (κ2) is 20.5. The number of amides is 1. The highest BCUT2D eigenvalue weighted by atomic mass is 16.7. The van der Waals surface area contributed by atoms with Gasteiger partial charge in [0, 0.05) is 57.3 Å². The van der Waals surface area contributed by atoms with Crippen LogP contribution in [0.2, 0.25) is 0 Å². The van der Waals surface area contributed by atoms with Crippen LogP contribution in [0.15, 0.2) is 47.7 Å². The molecule has 6 atom stereocenters. The smallest absolute Gasteiger partial charge is 0.410 e. The number of aliphatic hydroxyl groups is 3. The van der Waals surface area contributed by atoms with Crippen LogP contribution in [0.1, 0.15) is 70.3 Å². The number of nitrogens with zero attached hydrogens (tertiary/aromatic N) is 3. The van der Waals surface area contributed by atoms with Gasteiger partial charge in [-0.2, -0.15) is 0 Å². The highest BCUT2D eigenvalue weighted by Gasteiger charge is 2.65. The van der Waals surface area contributed by atoms with Crippen LogP contribution in [0.25, 0.3) is 0 Å². The molecular weight excluding hydrogens is 682 g/mol. The Morgan fingerprint density at radius 3 is 2.55 bits per heavy atom. The van der Waals surface area contributed by atoms with Crippen LogP contribution in [0.5, 0.6) is 11.5 Å². The number of hydrogen-bond acceptors (Lipinski definition) is 12. The van der Waals surface area contributed by atoms with Crippen LogP contribution in [0.4, 0.5) is 4.79 Å². The molecule has 1 saturated heterocycles. The van der Waals surface area contributed by atoms with E-state index in [0.29, 0.717) is 37.5 Å². The number of oxime groups is 1. The topological polar surface area (TPSA) is 152 Å². The Bertz CT molecular complexity index is 1390. The molecule has 2 aliphatic carbocycles. The van der Waals surface area contributed by atoms with Crippen LogP contribution in [-0.4, -0.2) is 134 Å². The van der Waals surface area contributed by atoms with Crippen molar-refractivity contribution in [3.8, 4) is 11.5 Å². The number of hydrogen-bond donors (Lipinski definition) is 3. The maximum atomic E-state index is 14.0. The number of fused-ring (bicyclic) bond motifs is 2. The van der Waals surface area contributed by atoms with Crippen molar-refractivity contribution in [3.05, 3.63) is 48.1 Å². The first-order valence-corrected chi connectivity index (χ1v) is 19.6.